The average Bonchev–Trinajstić information content (AvgIpc) is 2.35. The van der Waals surface area contributed by atoms with Gasteiger partial charge in [0.25, 0.3) is 0 Å². The highest BCUT2D eigenvalue weighted by atomic mass is 35.5. The number of carbonyl (C=O) groups is 2. The Kier molecular flexibility index (Phi) is 5.10. The monoisotopic (exact) mass is 266 g/mol. The molecule has 0 saturated carbocycles. The Morgan fingerprint density at radius 1 is 1.33 bits per heavy atom. The zero-order valence-corrected chi connectivity index (χ0v) is 11.1. The lowest BCUT2D eigenvalue weighted by Crippen LogP contribution is -2.28. The molecule has 0 radical (unpaired) electrons. The van der Waals surface area contributed by atoms with E-state index in [1.807, 2.05) is 0 Å². The Morgan fingerprint density at radius 3 is 2.28 bits per heavy atom. The van der Waals surface area contributed by atoms with Crippen LogP contribution in [0.1, 0.15) is 18.4 Å². The van der Waals surface area contributed by atoms with Gasteiger partial charge >= 0.3 is 5.97 Å². The van der Waals surface area contributed by atoms with Gasteiger partial charge in [0.15, 0.2) is 0 Å². The lowest BCUT2D eigenvalue weighted by atomic mass is 9.84. The third-order valence-electron chi connectivity index (χ3n) is 2.76. The summed E-state index contributed by atoms with van der Waals surface area (Å²) in [6.07, 6.45) is 1.58. The highest BCUT2D eigenvalue weighted by Gasteiger charge is 2.32. The predicted molar refractivity (Wildman–Crippen MR) is 70.6 cm³/mol. The highest BCUT2D eigenvalue weighted by Crippen LogP contribution is 2.28. The molecule has 0 aliphatic heterocycles. The fourth-order valence-corrected chi connectivity index (χ4v) is 1.97. The van der Waals surface area contributed by atoms with Gasteiger partial charge in [-0.05, 0) is 24.6 Å². The van der Waals surface area contributed by atoms with E-state index in [1.165, 1.54) is 14.0 Å². The molecule has 0 heterocycles. The molecule has 1 aromatic carbocycles. The van der Waals surface area contributed by atoms with Gasteiger partial charge in [-0.1, -0.05) is 29.8 Å². The molecule has 18 heavy (non-hydrogen) atoms. The molecule has 0 bridgehead atoms. The van der Waals surface area contributed by atoms with E-state index in [2.05, 4.69) is 11.3 Å². The van der Waals surface area contributed by atoms with Crippen molar-refractivity contribution in [2.75, 3.05) is 7.11 Å². The zero-order valence-electron chi connectivity index (χ0n) is 10.4. The van der Waals surface area contributed by atoms with Crippen LogP contribution in [-0.2, 0) is 14.3 Å². The van der Waals surface area contributed by atoms with Crippen molar-refractivity contribution >= 4 is 23.4 Å². The predicted octanol–water partition coefficient (Wildman–Crippen LogP) is 2.99. The van der Waals surface area contributed by atoms with Crippen LogP contribution < -0.4 is 0 Å². The normalized spacial score (nSPS) is 13.5. The topological polar surface area (TPSA) is 43.4 Å². The van der Waals surface area contributed by atoms with Gasteiger partial charge in [0, 0.05) is 10.9 Å². The molecular formula is C14H15ClO3. The molecule has 0 fully saturated rings. The van der Waals surface area contributed by atoms with E-state index in [4.69, 9.17) is 11.6 Å². The molecule has 4 heteroatoms. The van der Waals surface area contributed by atoms with Crippen LogP contribution in [0.5, 0.6) is 0 Å². The van der Waals surface area contributed by atoms with Crippen LogP contribution in [0.4, 0.5) is 0 Å². The second kappa shape index (κ2) is 6.36. The Labute approximate surface area is 111 Å². The van der Waals surface area contributed by atoms with E-state index in [9.17, 15) is 9.59 Å². The lowest BCUT2D eigenvalue weighted by molar-refractivity contribution is -0.149. The first-order chi connectivity index (χ1) is 8.51. The lowest BCUT2D eigenvalue weighted by Gasteiger charge is -2.20. The third-order valence-corrected chi connectivity index (χ3v) is 3.01. The minimum atomic E-state index is -0.867. The largest absolute Gasteiger partial charge is 0.468 e. The summed E-state index contributed by atoms with van der Waals surface area (Å²) in [6.45, 7) is 5.06. The summed E-state index contributed by atoms with van der Waals surface area (Å²) < 4.78 is 4.67. The Hall–Kier alpha value is -1.61. The maximum Gasteiger partial charge on any atom is 0.317 e. The number of hydrogen-bond donors (Lipinski definition) is 0. The number of halogens is 1. The number of hydrogen-bond acceptors (Lipinski definition) is 3. The molecule has 2 unspecified atom stereocenters. The van der Waals surface area contributed by atoms with Gasteiger partial charge in [0.2, 0.25) is 0 Å². The number of Topliss-reactive ketones (excluding diaryl/α,β-unsaturated/α-hetero) is 1. The van der Waals surface area contributed by atoms with Gasteiger partial charge in [0.05, 0.1) is 7.11 Å². The van der Waals surface area contributed by atoms with Gasteiger partial charge in [0.1, 0.15) is 11.7 Å². The fourth-order valence-electron chi connectivity index (χ4n) is 1.84. The van der Waals surface area contributed by atoms with Gasteiger partial charge < -0.3 is 4.74 Å². The summed E-state index contributed by atoms with van der Waals surface area (Å²) in [7, 11) is 1.26. The van der Waals surface area contributed by atoms with Crippen molar-refractivity contribution in [3.8, 4) is 0 Å². The van der Waals surface area contributed by atoms with Crippen molar-refractivity contribution in [2.24, 2.45) is 5.92 Å². The van der Waals surface area contributed by atoms with Crippen LogP contribution in [0.2, 0.25) is 5.02 Å². The molecule has 0 saturated heterocycles. The van der Waals surface area contributed by atoms with Crippen molar-refractivity contribution in [3.63, 3.8) is 0 Å². The third kappa shape index (κ3) is 3.20. The summed E-state index contributed by atoms with van der Waals surface area (Å²) in [4.78, 5) is 23.3. The first kappa shape index (κ1) is 14.5. The van der Waals surface area contributed by atoms with Crippen LogP contribution >= 0.6 is 11.6 Å². The first-order valence-corrected chi connectivity index (χ1v) is 5.85. The van der Waals surface area contributed by atoms with Crippen LogP contribution in [0.15, 0.2) is 36.9 Å². The molecule has 0 aliphatic carbocycles. The van der Waals surface area contributed by atoms with Crippen LogP contribution in [-0.4, -0.2) is 18.9 Å². The molecule has 3 nitrogen and oxygen atoms in total. The van der Waals surface area contributed by atoms with E-state index < -0.39 is 17.8 Å². The number of methoxy groups -OCH3 is 1. The van der Waals surface area contributed by atoms with Gasteiger partial charge in [-0.3, -0.25) is 9.59 Å². The summed E-state index contributed by atoms with van der Waals surface area (Å²) in [6, 6.07) is 6.96. The highest BCUT2D eigenvalue weighted by molar-refractivity contribution is 6.30. The molecule has 0 spiro atoms. The molecule has 0 aromatic heterocycles. The van der Waals surface area contributed by atoms with Crippen molar-refractivity contribution in [1.29, 1.82) is 0 Å². The van der Waals surface area contributed by atoms with E-state index >= 15 is 0 Å². The van der Waals surface area contributed by atoms with Crippen molar-refractivity contribution in [2.45, 2.75) is 12.8 Å². The minimum Gasteiger partial charge on any atom is -0.468 e. The van der Waals surface area contributed by atoms with Crippen molar-refractivity contribution < 1.29 is 14.3 Å². The van der Waals surface area contributed by atoms with Crippen molar-refractivity contribution in [3.05, 3.63) is 47.5 Å². The van der Waals surface area contributed by atoms with Crippen LogP contribution in [0, 0.1) is 5.92 Å². The molecule has 0 aliphatic rings. The summed E-state index contributed by atoms with van der Waals surface area (Å²) in [5, 5.41) is 0.596. The average molecular weight is 267 g/mol. The molecule has 96 valence electrons. The number of benzene rings is 1. The number of carbonyl (C=O) groups excluding carboxylic acids is 2. The first-order valence-electron chi connectivity index (χ1n) is 5.47. The second-order valence-electron chi connectivity index (χ2n) is 3.92. The van der Waals surface area contributed by atoms with E-state index in [1.54, 1.807) is 30.3 Å². The van der Waals surface area contributed by atoms with Gasteiger partial charge in [-0.2, -0.15) is 0 Å². The second-order valence-corrected chi connectivity index (χ2v) is 4.36. The zero-order chi connectivity index (χ0) is 13.7. The molecule has 0 N–H and O–H groups in total. The van der Waals surface area contributed by atoms with E-state index in [-0.39, 0.29) is 5.78 Å². The molecular weight excluding hydrogens is 252 g/mol. The summed E-state index contributed by atoms with van der Waals surface area (Å²) in [5.41, 5.74) is 0.806. The molecule has 1 aromatic rings. The SMILES string of the molecule is C=CC(c1ccc(Cl)cc1)C(C(C)=O)C(=O)OC. The van der Waals surface area contributed by atoms with Crippen LogP contribution in [0.3, 0.4) is 0 Å². The number of rotatable bonds is 5. The minimum absolute atomic E-state index is 0.248. The van der Waals surface area contributed by atoms with E-state index in [0.29, 0.717) is 5.02 Å². The summed E-state index contributed by atoms with van der Waals surface area (Å²) in [5.74, 6) is -2.08. The Morgan fingerprint density at radius 2 is 1.89 bits per heavy atom. The number of ether oxygens (including phenoxy) is 1. The molecule has 0 amide bonds. The van der Waals surface area contributed by atoms with Gasteiger partial charge in [-0.25, -0.2) is 0 Å². The smallest absolute Gasteiger partial charge is 0.317 e. The van der Waals surface area contributed by atoms with E-state index in [0.717, 1.165) is 5.56 Å². The quantitative estimate of drug-likeness (QED) is 0.467. The maximum absolute atomic E-state index is 11.7. The number of esters is 1. The van der Waals surface area contributed by atoms with Gasteiger partial charge in [-0.15, -0.1) is 6.58 Å². The molecule has 1 rings (SSSR count). The standard InChI is InChI=1S/C14H15ClO3/c1-4-12(10-5-7-11(15)8-6-10)13(9(2)16)14(17)18-3/h4-8,12-13H,1H2,2-3H3. The fraction of sp³-hybridized carbons (Fsp3) is 0.286. The number of allylic oxidation sites excluding steroid dienone is 1. The maximum atomic E-state index is 11.7. The van der Waals surface area contributed by atoms with Crippen LogP contribution in [0.25, 0.3) is 0 Å². The molecule has 2 atom stereocenters. The number of ketones is 1. The van der Waals surface area contributed by atoms with Crippen molar-refractivity contribution in [1.82, 2.24) is 0 Å². The summed E-state index contributed by atoms with van der Waals surface area (Å²) >= 11 is 5.81. The Balaban J connectivity index is 3.13. The Bertz CT molecular complexity index is 451.